The SMILES string of the molecule is CC(C)c1c(O)nc(SCC(N)=O)[nH]c1=O. The molecule has 1 aromatic heterocycles. The van der Waals surface area contributed by atoms with Gasteiger partial charge in [-0.05, 0) is 5.92 Å². The Morgan fingerprint density at radius 1 is 1.62 bits per heavy atom. The number of hydrogen-bond acceptors (Lipinski definition) is 5. The summed E-state index contributed by atoms with van der Waals surface area (Å²) in [5.41, 5.74) is 4.80. The second-order valence-corrected chi connectivity index (χ2v) is 4.48. The Hall–Kier alpha value is -1.50. The fourth-order valence-corrected chi connectivity index (χ4v) is 1.77. The van der Waals surface area contributed by atoms with E-state index in [2.05, 4.69) is 9.97 Å². The molecule has 0 aliphatic carbocycles. The van der Waals surface area contributed by atoms with Gasteiger partial charge in [-0.25, -0.2) is 0 Å². The molecule has 0 unspecified atom stereocenters. The van der Waals surface area contributed by atoms with E-state index in [-0.39, 0.29) is 28.3 Å². The van der Waals surface area contributed by atoms with Crippen LogP contribution in [0.25, 0.3) is 0 Å². The summed E-state index contributed by atoms with van der Waals surface area (Å²) in [6.07, 6.45) is 0. The molecule has 0 aliphatic heterocycles. The largest absolute Gasteiger partial charge is 0.493 e. The van der Waals surface area contributed by atoms with Gasteiger partial charge in [0, 0.05) is 0 Å². The smallest absolute Gasteiger partial charge is 0.258 e. The minimum Gasteiger partial charge on any atom is -0.493 e. The molecule has 7 heteroatoms. The second kappa shape index (κ2) is 5.02. The van der Waals surface area contributed by atoms with Gasteiger partial charge in [0.1, 0.15) is 0 Å². The Balaban J connectivity index is 3.01. The van der Waals surface area contributed by atoms with Crippen molar-refractivity contribution in [3.63, 3.8) is 0 Å². The predicted molar refractivity (Wildman–Crippen MR) is 60.5 cm³/mol. The van der Waals surface area contributed by atoms with Crippen LogP contribution in [0.15, 0.2) is 9.95 Å². The van der Waals surface area contributed by atoms with E-state index in [0.717, 1.165) is 11.8 Å². The molecule has 1 rings (SSSR count). The van der Waals surface area contributed by atoms with E-state index < -0.39 is 11.5 Å². The molecule has 1 heterocycles. The van der Waals surface area contributed by atoms with Gasteiger partial charge in [-0.2, -0.15) is 4.98 Å². The Bertz CT molecular complexity index is 456. The Kier molecular flexibility index (Phi) is 3.94. The van der Waals surface area contributed by atoms with Crippen molar-refractivity contribution >= 4 is 17.7 Å². The van der Waals surface area contributed by atoms with E-state index in [0.29, 0.717) is 0 Å². The third-order valence-corrected chi connectivity index (χ3v) is 2.74. The summed E-state index contributed by atoms with van der Waals surface area (Å²) in [6.45, 7) is 3.56. The van der Waals surface area contributed by atoms with E-state index in [4.69, 9.17) is 5.73 Å². The van der Waals surface area contributed by atoms with Gasteiger partial charge in [0.2, 0.25) is 11.8 Å². The molecule has 88 valence electrons. The third-order valence-electron chi connectivity index (χ3n) is 1.84. The molecule has 1 aromatic rings. The van der Waals surface area contributed by atoms with Crippen LogP contribution in [0.3, 0.4) is 0 Å². The summed E-state index contributed by atoms with van der Waals surface area (Å²) in [4.78, 5) is 28.4. The average molecular weight is 243 g/mol. The number of aromatic amines is 1. The summed E-state index contributed by atoms with van der Waals surface area (Å²) in [5.74, 6) is -0.930. The zero-order valence-corrected chi connectivity index (χ0v) is 9.80. The van der Waals surface area contributed by atoms with Gasteiger partial charge < -0.3 is 15.8 Å². The number of nitrogens with one attached hydrogen (secondary N) is 1. The monoisotopic (exact) mass is 243 g/mol. The van der Waals surface area contributed by atoms with E-state index in [1.165, 1.54) is 0 Å². The molecular formula is C9H13N3O3S. The van der Waals surface area contributed by atoms with E-state index in [9.17, 15) is 14.7 Å². The van der Waals surface area contributed by atoms with Crippen LogP contribution in [0.1, 0.15) is 25.3 Å². The van der Waals surface area contributed by atoms with Crippen molar-refractivity contribution in [2.45, 2.75) is 24.9 Å². The molecule has 1 amide bonds. The first-order valence-corrected chi connectivity index (χ1v) is 5.64. The van der Waals surface area contributed by atoms with Crippen LogP contribution >= 0.6 is 11.8 Å². The first kappa shape index (κ1) is 12.6. The van der Waals surface area contributed by atoms with Crippen molar-refractivity contribution in [1.29, 1.82) is 0 Å². The summed E-state index contributed by atoms with van der Waals surface area (Å²) in [6, 6.07) is 0. The summed E-state index contributed by atoms with van der Waals surface area (Å²) in [7, 11) is 0. The number of thioether (sulfide) groups is 1. The van der Waals surface area contributed by atoms with Crippen LogP contribution in [-0.4, -0.2) is 26.7 Å². The van der Waals surface area contributed by atoms with E-state index in [1.54, 1.807) is 13.8 Å². The molecule has 0 aromatic carbocycles. The maximum Gasteiger partial charge on any atom is 0.258 e. The van der Waals surface area contributed by atoms with Crippen molar-refractivity contribution < 1.29 is 9.90 Å². The van der Waals surface area contributed by atoms with Crippen molar-refractivity contribution in [3.05, 3.63) is 15.9 Å². The molecule has 0 fully saturated rings. The second-order valence-electron chi connectivity index (χ2n) is 3.52. The highest BCUT2D eigenvalue weighted by Gasteiger charge is 2.14. The maximum atomic E-state index is 11.6. The number of aromatic hydroxyl groups is 1. The Morgan fingerprint density at radius 2 is 2.25 bits per heavy atom. The molecule has 4 N–H and O–H groups in total. The maximum absolute atomic E-state index is 11.6. The molecule has 0 saturated heterocycles. The van der Waals surface area contributed by atoms with Crippen LogP contribution < -0.4 is 11.3 Å². The van der Waals surface area contributed by atoms with Crippen LogP contribution in [0.5, 0.6) is 5.88 Å². The average Bonchev–Trinajstić information content (AvgIpc) is 2.12. The number of carbonyl (C=O) groups is 1. The molecule has 0 atom stereocenters. The van der Waals surface area contributed by atoms with E-state index in [1.807, 2.05) is 0 Å². The standard InChI is InChI=1S/C9H13N3O3S/c1-4(2)6-7(14)11-9(12-8(6)15)16-3-5(10)13/h4H,3H2,1-2H3,(H2,10,13)(H2,11,12,14,15). The van der Waals surface area contributed by atoms with Crippen LogP contribution in [0.2, 0.25) is 0 Å². The predicted octanol–water partition coefficient (Wildman–Crippen LogP) is 0.176. The first-order valence-electron chi connectivity index (χ1n) is 4.66. The number of rotatable bonds is 4. The van der Waals surface area contributed by atoms with Gasteiger partial charge in [-0.15, -0.1) is 0 Å². The summed E-state index contributed by atoms with van der Waals surface area (Å²) >= 11 is 0.976. The van der Waals surface area contributed by atoms with Crippen LogP contribution in [0, 0.1) is 0 Å². The highest BCUT2D eigenvalue weighted by atomic mass is 32.2. The molecule has 0 radical (unpaired) electrons. The lowest BCUT2D eigenvalue weighted by atomic mass is 10.1. The minimum atomic E-state index is -0.514. The number of amides is 1. The molecule has 0 spiro atoms. The van der Waals surface area contributed by atoms with Crippen LogP contribution in [0.4, 0.5) is 0 Å². The van der Waals surface area contributed by atoms with Crippen LogP contribution in [-0.2, 0) is 4.79 Å². The summed E-state index contributed by atoms with van der Waals surface area (Å²) in [5, 5.41) is 9.73. The molecule has 0 aliphatic rings. The third kappa shape index (κ3) is 2.99. The fraction of sp³-hybridized carbons (Fsp3) is 0.444. The lowest BCUT2D eigenvalue weighted by molar-refractivity contribution is -0.115. The first-order chi connectivity index (χ1) is 7.41. The molecule has 6 nitrogen and oxygen atoms in total. The van der Waals surface area contributed by atoms with Crippen molar-refractivity contribution in [1.82, 2.24) is 9.97 Å². The van der Waals surface area contributed by atoms with Crippen molar-refractivity contribution in [3.8, 4) is 5.88 Å². The zero-order chi connectivity index (χ0) is 12.3. The highest BCUT2D eigenvalue weighted by molar-refractivity contribution is 7.99. The van der Waals surface area contributed by atoms with Gasteiger partial charge in [-0.1, -0.05) is 25.6 Å². The number of nitrogens with two attached hydrogens (primary N) is 1. The van der Waals surface area contributed by atoms with E-state index >= 15 is 0 Å². The van der Waals surface area contributed by atoms with Crippen molar-refractivity contribution in [2.75, 3.05) is 5.75 Å². The minimum absolute atomic E-state index is 0.00338. The highest BCUT2D eigenvalue weighted by Crippen LogP contribution is 2.21. The van der Waals surface area contributed by atoms with Gasteiger partial charge in [0.05, 0.1) is 11.3 Å². The Morgan fingerprint density at radius 3 is 2.69 bits per heavy atom. The molecule has 16 heavy (non-hydrogen) atoms. The molecule has 0 bridgehead atoms. The quantitative estimate of drug-likeness (QED) is 0.516. The van der Waals surface area contributed by atoms with Gasteiger partial charge in [0.15, 0.2) is 5.16 Å². The van der Waals surface area contributed by atoms with Gasteiger partial charge in [-0.3, -0.25) is 9.59 Å². The van der Waals surface area contributed by atoms with Crippen molar-refractivity contribution in [2.24, 2.45) is 5.73 Å². The van der Waals surface area contributed by atoms with Gasteiger partial charge >= 0.3 is 0 Å². The fourth-order valence-electron chi connectivity index (χ4n) is 1.18. The normalized spacial score (nSPS) is 10.7. The lowest BCUT2D eigenvalue weighted by Gasteiger charge is -2.07. The molecular weight excluding hydrogens is 230 g/mol. The number of nitrogens with zero attached hydrogens (tertiary/aromatic N) is 1. The number of primary amides is 1. The number of H-pyrrole nitrogens is 1. The molecule has 0 saturated carbocycles. The number of hydrogen-bond donors (Lipinski definition) is 3. The summed E-state index contributed by atoms with van der Waals surface area (Å²) < 4.78 is 0. The zero-order valence-electron chi connectivity index (χ0n) is 8.98. The Labute approximate surface area is 96.3 Å². The lowest BCUT2D eigenvalue weighted by Crippen LogP contribution is -2.18. The number of carbonyl (C=O) groups excluding carboxylic acids is 1. The topological polar surface area (TPSA) is 109 Å². The van der Waals surface area contributed by atoms with Gasteiger partial charge in [0.25, 0.3) is 5.56 Å². The number of aromatic nitrogens is 2.